The zero-order valence-electron chi connectivity index (χ0n) is 16.6. The van der Waals surface area contributed by atoms with Crippen LogP contribution < -0.4 is 5.32 Å². The summed E-state index contributed by atoms with van der Waals surface area (Å²) in [4.78, 5) is 23.6. The van der Waals surface area contributed by atoms with Crippen LogP contribution in [0.1, 0.15) is 72.6 Å². The third kappa shape index (κ3) is 2.47. The first-order valence-corrected chi connectivity index (χ1v) is 10.5. The van der Waals surface area contributed by atoms with Crippen LogP contribution in [0, 0.1) is 34.5 Å². The largest absolute Gasteiger partial charge is 0.462 e. The number of allylic oxidation sites excluding steroid dienone is 2. The molecule has 3 fully saturated rings. The molecule has 1 aliphatic heterocycles. The summed E-state index contributed by atoms with van der Waals surface area (Å²) in [6.07, 6.45) is 9.67. The Kier molecular flexibility index (Phi) is 4.24. The number of esters is 1. The number of piperidine rings is 1. The fourth-order valence-electron chi connectivity index (χ4n) is 7.08. The summed E-state index contributed by atoms with van der Waals surface area (Å²) in [6.45, 7) is 8.56. The predicted octanol–water partition coefficient (Wildman–Crippen LogP) is 4.20. The number of ether oxygens (including phenoxy) is 1. The Labute approximate surface area is 157 Å². The van der Waals surface area contributed by atoms with Crippen LogP contribution in [0.25, 0.3) is 0 Å². The molecule has 0 aromatic rings. The zero-order valence-corrected chi connectivity index (χ0v) is 16.6. The van der Waals surface area contributed by atoms with Crippen molar-refractivity contribution in [2.45, 2.75) is 78.7 Å². The molecule has 4 rings (SSSR count). The highest BCUT2D eigenvalue weighted by molar-refractivity contribution is 5.79. The van der Waals surface area contributed by atoms with Crippen molar-refractivity contribution >= 4 is 11.9 Å². The molecule has 0 aromatic carbocycles. The summed E-state index contributed by atoms with van der Waals surface area (Å²) in [7, 11) is 0. The van der Waals surface area contributed by atoms with Gasteiger partial charge in [-0.1, -0.05) is 26.8 Å². The Hall–Kier alpha value is -1.32. The molecule has 4 nitrogen and oxygen atoms in total. The molecule has 1 amide bonds. The van der Waals surface area contributed by atoms with E-state index in [2.05, 4.69) is 32.2 Å². The molecule has 0 unspecified atom stereocenters. The average molecular weight is 360 g/mol. The van der Waals surface area contributed by atoms with Crippen LogP contribution in [0.2, 0.25) is 0 Å². The molecule has 4 aliphatic rings. The maximum atomic E-state index is 12.0. The standard InChI is InChI=1S/C22H33NO3/c1-5-14-12-17-21(3,11-9-19(25)23-17)16-8-10-22(4)15(20(14)16)6-7-18(22)26-13(2)24/h12,14-16,18,20H,5-11H2,1-4H3,(H,23,25)/t14-,15-,16-,18-,20-,21+,22-/m0/s1. The molecule has 0 aromatic heterocycles. The van der Waals surface area contributed by atoms with Crippen LogP contribution >= 0.6 is 0 Å². The predicted molar refractivity (Wildman–Crippen MR) is 99.9 cm³/mol. The number of hydrogen-bond acceptors (Lipinski definition) is 3. The number of fused-ring (bicyclic) bond motifs is 5. The molecule has 0 spiro atoms. The topological polar surface area (TPSA) is 55.4 Å². The highest BCUT2D eigenvalue weighted by Gasteiger charge is 2.61. The van der Waals surface area contributed by atoms with Crippen LogP contribution in [0.3, 0.4) is 0 Å². The van der Waals surface area contributed by atoms with Gasteiger partial charge in [0.2, 0.25) is 5.91 Å². The van der Waals surface area contributed by atoms with E-state index in [1.54, 1.807) is 6.92 Å². The third-order valence-electron chi connectivity index (χ3n) is 8.48. The van der Waals surface area contributed by atoms with Crippen molar-refractivity contribution in [3.63, 3.8) is 0 Å². The lowest BCUT2D eigenvalue weighted by Crippen LogP contribution is -2.56. The molecule has 1 heterocycles. The van der Waals surface area contributed by atoms with Crippen molar-refractivity contribution in [2.24, 2.45) is 34.5 Å². The lowest BCUT2D eigenvalue weighted by atomic mass is 9.47. The van der Waals surface area contributed by atoms with Gasteiger partial charge in [0.15, 0.2) is 0 Å². The first kappa shape index (κ1) is 18.1. The van der Waals surface area contributed by atoms with E-state index in [0.29, 0.717) is 30.1 Å². The summed E-state index contributed by atoms with van der Waals surface area (Å²) in [6, 6.07) is 0. The normalized spacial score (nSPS) is 47.2. The maximum absolute atomic E-state index is 12.0. The quantitative estimate of drug-likeness (QED) is 0.752. The minimum Gasteiger partial charge on any atom is -0.462 e. The van der Waals surface area contributed by atoms with Gasteiger partial charge < -0.3 is 10.1 Å². The monoisotopic (exact) mass is 359 g/mol. The van der Waals surface area contributed by atoms with Gasteiger partial charge in [0.05, 0.1) is 0 Å². The summed E-state index contributed by atoms with van der Waals surface area (Å²) in [5, 5.41) is 3.21. The van der Waals surface area contributed by atoms with Crippen molar-refractivity contribution in [3.8, 4) is 0 Å². The fraction of sp³-hybridized carbons (Fsp3) is 0.818. The molecule has 0 bridgehead atoms. The van der Waals surface area contributed by atoms with Gasteiger partial charge in [-0.05, 0) is 62.2 Å². The Balaban J connectivity index is 1.70. The molecule has 1 N–H and O–H groups in total. The molecular formula is C22H33NO3. The lowest BCUT2D eigenvalue weighted by Gasteiger charge is -2.59. The second kappa shape index (κ2) is 6.10. The number of carbonyl (C=O) groups excluding carboxylic acids is 2. The summed E-state index contributed by atoms with van der Waals surface area (Å²) in [5.74, 6) is 2.44. The molecule has 0 radical (unpaired) electrons. The van der Waals surface area contributed by atoms with Gasteiger partial charge in [0.25, 0.3) is 0 Å². The van der Waals surface area contributed by atoms with Gasteiger partial charge >= 0.3 is 5.97 Å². The smallest absolute Gasteiger partial charge is 0.302 e. The lowest BCUT2D eigenvalue weighted by molar-refractivity contribution is -0.158. The highest BCUT2D eigenvalue weighted by atomic mass is 16.5. The number of nitrogens with one attached hydrogen (secondary N) is 1. The van der Waals surface area contributed by atoms with Crippen LogP contribution in [0.4, 0.5) is 0 Å². The summed E-state index contributed by atoms with van der Waals surface area (Å²) >= 11 is 0. The van der Waals surface area contributed by atoms with E-state index in [-0.39, 0.29) is 28.8 Å². The van der Waals surface area contributed by atoms with E-state index in [1.165, 1.54) is 12.1 Å². The minimum absolute atomic E-state index is 0.0766. The van der Waals surface area contributed by atoms with E-state index in [0.717, 1.165) is 32.1 Å². The second-order valence-corrected chi connectivity index (χ2v) is 9.63. The number of carbonyl (C=O) groups is 2. The second-order valence-electron chi connectivity index (χ2n) is 9.63. The fourth-order valence-corrected chi connectivity index (χ4v) is 7.08. The molecule has 3 aliphatic carbocycles. The average Bonchev–Trinajstić information content (AvgIpc) is 2.91. The Morgan fingerprint density at radius 3 is 2.69 bits per heavy atom. The molecular weight excluding hydrogens is 326 g/mol. The van der Waals surface area contributed by atoms with E-state index in [4.69, 9.17) is 4.74 Å². The Morgan fingerprint density at radius 2 is 2.00 bits per heavy atom. The van der Waals surface area contributed by atoms with E-state index in [1.807, 2.05) is 0 Å². The van der Waals surface area contributed by atoms with Gasteiger partial charge in [-0.25, -0.2) is 0 Å². The van der Waals surface area contributed by atoms with E-state index < -0.39 is 0 Å². The molecule has 144 valence electrons. The van der Waals surface area contributed by atoms with Crippen molar-refractivity contribution in [2.75, 3.05) is 0 Å². The van der Waals surface area contributed by atoms with Gasteiger partial charge in [-0.3, -0.25) is 9.59 Å². The third-order valence-corrected chi connectivity index (χ3v) is 8.48. The molecule has 1 saturated heterocycles. The zero-order chi connectivity index (χ0) is 18.7. The van der Waals surface area contributed by atoms with Gasteiger partial charge in [0, 0.05) is 29.9 Å². The molecule has 2 saturated carbocycles. The van der Waals surface area contributed by atoms with E-state index in [9.17, 15) is 9.59 Å². The summed E-state index contributed by atoms with van der Waals surface area (Å²) in [5.41, 5.74) is 1.41. The van der Waals surface area contributed by atoms with Gasteiger partial charge in [0.1, 0.15) is 6.10 Å². The maximum Gasteiger partial charge on any atom is 0.302 e. The van der Waals surface area contributed by atoms with E-state index >= 15 is 0 Å². The number of rotatable bonds is 2. The van der Waals surface area contributed by atoms with Crippen LogP contribution in [-0.4, -0.2) is 18.0 Å². The highest BCUT2D eigenvalue weighted by Crippen LogP contribution is 2.65. The van der Waals surface area contributed by atoms with Crippen molar-refractivity contribution < 1.29 is 14.3 Å². The SMILES string of the molecule is CC[C@H]1C=C2NC(=O)CC[C@]2(C)[C@H]2CC[C@]3(C)[C@@H](OC(C)=O)CC[C@H]3[C@H]12. The van der Waals surface area contributed by atoms with Crippen molar-refractivity contribution in [1.82, 2.24) is 5.32 Å². The Morgan fingerprint density at radius 1 is 1.23 bits per heavy atom. The Bertz CT molecular complexity index is 656. The van der Waals surface area contributed by atoms with Crippen molar-refractivity contribution in [3.05, 3.63) is 11.8 Å². The summed E-state index contributed by atoms with van der Waals surface area (Å²) < 4.78 is 5.77. The minimum atomic E-state index is -0.140. The van der Waals surface area contributed by atoms with Crippen molar-refractivity contribution in [1.29, 1.82) is 0 Å². The molecule has 4 heteroatoms. The molecule has 7 atom stereocenters. The first-order valence-electron chi connectivity index (χ1n) is 10.5. The van der Waals surface area contributed by atoms with Gasteiger partial charge in [-0.2, -0.15) is 0 Å². The van der Waals surface area contributed by atoms with Crippen LogP contribution in [0.5, 0.6) is 0 Å². The number of hydrogen-bond donors (Lipinski definition) is 1. The van der Waals surface area contributed by atoms with Crippen LogP contribution in [0.15, 0.2) is 11.8 Å². The number of amides is 1. The van der Waals surface area contributed by atoms with Gasteiger partial charge in [-0.15, -0.1) is 0 Å². The molecule has 26 heavy (non-hydrogen) atoms. The van der Waals surface area contributed by atoms with Crippen LogP contribution in [-0.2, 0) is 14.3 Å². The first-order chi connectivity index (χ1) is 12.3.